The summed E-state index contributed by atoms with van der Waals surface area (Å²) in [4.78, 5) is 42.8. The minimum Gasteiger partial charge on any atom is -0.302 e. The van der Waals surface area contributed by atoms with Crippen LogP contribution in [0.3, 0.4) is 0 Å². The van der Waals surface area contributed by atoms with Crippen LogP contribution >= 0.6 is 11.3 Å². The van der Waals surface area contributed by atoms with Crippen molar-refractivity contribution in [1.82, 2.24) is 9.88 Å². The highest BCUT2D eigenvalue weighted by Crippen LogP contribution is 2.26. The molecule has 1 aliphatic rings. The number of hydrogen-bond acceptors (Lipinski definition) is 5. The number of amides is 3. The second-order valence-corrected chi connectivity index (χ2v) is 7.87. The fraction of sp³-hybridized carbons (Fsp3) is 0.182. The molecule has 0 saturated carbocycles. The van der Waals surface area contributed by atoms with Crippen LogP contribution in [0.5, 0.6) is 0 Å². The average molecular weight is 405 g/mol. The Hall–Kier alpha value is -3.32. The number of benzene rings is 2. The van der Waals surface area contributed by atoms with E-state index in [0.717, 1.165) is 21.7 Å². The molecule has 0 aliphatic carbocycles. The number of aryl methyl sites for hydroxylation is 2. The van der Waals surface area contributed by atoms with Gasteiger partial charge in [-0.05, 0) is 26.0 Å². The van der Waals surface area contributed by atoms with Crippen molar-refractivity contribution in [3.8, 4) is 11.3 Å². The van der Waals surface area contributed by atoms with Gasteiger partial charge in [0, 0.05) is 23.9 Å². The van der Waals surface area contributed by atoms with Gasteiger partial charge in [-0.3, -0.25) is 19.3 Å². The molecule has 2 aromatic carbocycles. The van der Waals surface area contributed by atoms with Crippen molar-refractivity contribution in [2.75, 3.05) is 11.9 Å². The second-order valence-electron chi connectivity index (χ2n) is 7.01. The van der Waals surface area contributed by atoms with Crippen molar-refractivity contribution in [3.05, 3.63) is 70.1 Å². The zero-order valence-electron chi connectivity index (χ0n) is 16.1. The number of aromatic nitrogens is 1. The Kier molecular flexibility index (Phi) is 4.98. The van der Waals surface area contributed by atoms with E-state index in [0.29, 0.717) is 16.3 Å². The highest BCUT2D eigenvalue weighted by atomic mass is 32.1. The number of rotatable bonds is 5. The molecule has 3 aromatic rings. The van der Waals surface area contributed by atoms with E-state index in [1.807, 2.05) is 43.5 Å². The van der Waals surface area contributed by atoms with E-state index in [9.17, 15) is 14.4 Å². The van der Waals surface area contributed by atoms with Crippen molar-refractivity contribution < 1.29 is 14.4 Å². The topological polar surface area (TPSA) is 79.4 Å². The number of fused-ring (bicyclic) bond motifs is 1. The first-order chi connectivity index (χ1) is 13.9. The predicted molar refractivity (Wildman–Crippen MR) is 112 cm³/mol. The zero-order chi connectivity index (χ0) is 20.5. The minimum absolute atomic E-state index is 0.0178. The van der Waals surface area contributed by atoms with E-state index in [-0.39, 0.29) is 30.7 Å². The predicted octanol–water partition coefficient (Wildman–Crippen LogP) is 4.05. The lowest BCUT2D eigenvalue weighted by molar-refractivity contribution is -0.116. The summed E-state index contributed by atoms with van der Waals surface area (Å²) in [5.74, 6) is -0.992. The third-order valence-corrected chi connectivity index (χ3v) is 5.54. The summed E-state index contributed by atoms with van der Waals surface area (Å²) in [6, 6.07) is 13.2. The number of anilines is 1. The highest BCUT2D eigenvalue weighted by Gasteiger charge is 2.35. The largest absolute Gasteiger partial charge is 0.302 e. The Morgan fingerprint density at radius 1 is 1.00 bits per heavy atom. The van der Waals surface area contributed by atoms with Crippen molar-refractivity contribution in [3.63, 3.8) is 0 Å². The molecule has 4 rings (SSSR count). The smallest absolute Gasteiger partial charge is 0.261 e. The van der Waals surface area contributed by atoms with Gasteiger partial charge in [-0.2, -0.15) is 0 Å². The summed E-state index contributed by atoms with van der Waals surface area (Å²) in [6.07, 6.45) is 0.0178. The molecule has 0 saturated heterocycles. The molecule has 2 heterocycles. The highest BCUT2D eigenvalue weighted by molar-refractivity contribution is 7.14. The molecule has 0 radical (unpaired) electrons. The Labute approximate surface area is 172 Å². The Morgan fingerprint density at radius 2 is 1.69 bits per heavy atom. The molecule has 0 atom stereocenters. The standard InChI is InChI=1S/C22H19N3O3S/c1-13-3-6-15(7-4-13)18-12-29-22(23-18)24-19(26)9-10-25-20(27)16-8-5-14(2)11-17(16)21(25)28/h3-8,11-12H,9-10H2,1-2H3,(H,23,24,26). The third-order valence-electron chi connectivity index (χ3n) is 4.79. The van der Waals surface area contributed by atoms with Gasteiger partial charge in [-0.25, -0.2) is 4.98 Å². The number of nitrogens with zero attached hydrogens (tertiary/aromatic N) is 2. The Balaban J connectivity index is 1.37. The van der Waals surface area contributed by atoms with Gasteiger partial charge in [0.2, 0.25) is 5.91 Å². The molecule has 0 fully saturated rings. The van der Waals surface area contributed by atoms with Crippen LogP contribution < -0.4 is 5.32 Å². The summed E-state index contributed by atoms with van der Waals surface area (Å²) in [5, 5.41) is 5.12. The van der Waals surface area contributed by atoms with E-state index in [1.54, 1.807) is 18.2 Å². The summed E-state index contributed by atoms with van der Waals surface area (Å²) in [5.41, 5.74) is 4.65. The number of carbonyl (C=O) groups is 3. The van der Waals surface area contributed by atoms with Crippen LogP contribution in [0.4, 0.5) is 5.13 Å². The van der Waals surface area contributed by atoms with Gasteiger partial charge in [0.25, 0.3) is 11.8 Å². The van der Waals surface area contributed by atoms with Crippen LogP contribution in [0.25, 0.3) is 11.3 Å². The van der Waals surface area contributed by atoms with Gasteiger partial charge >= 0.3 is 0 Å². The normalized spacial score (nSPS) is 13.0. The zero-order valence-corrected chi connectivity index (χ0v) is 16.9. The van der Waals surface area contributed by atoms with E-state index >= 15 is 0 Å². The first kappa shape index (κ1) is 19.0. The fourth-order valence-electron chi connectivity index (χ4n) is 3.19. The van der Waals surface area contributed by atoms with Gasteiger partial charge in [-0.1, -0.05) is 41.5 Å². The fourth-order valence-corrected chi connectivity index (χ4v) is 3.93. The maximum absolute atomic E-state index is 12.5. The molecule has 3 amide bonds. The molecule has 6 nitrogen and oxygen atoms in total. The number of thiazole rings is 1. The maximum Gasteiger partial charge on any atom is 0.261 e. The first-order valence-corrected chi connectivity index (χ1v) is 10.1. The van der Waals surface area contributed by atoms with E-state index in [1.165, 1.54) is 16.9 Å². The lowest BCUT2D eigenvalue weighted by Gasteiger charge is -2.12. The van der Waals surface area contributed by atoms with E-state index in [2.05, 4.69) is 10.3 Å². The molecule has 146 valence electrons. The summed E-state index contributed by atoms with van der Waals surface area (Å²) >= 11 is 1.34. The molecule has 7 heteroatoms. The van der Waals surface area contributed by atoms with Crippen LogP contribution in [0.2, 0.25) is 0 Å². The van der Waals surface area contributed by atoms with Gasteiger partial charge < -0.3 is 5.32 Å². The molecular weight excluding hydrogens is 386 g/mol. The Morgan fingerprint density at radius 3 is 2.45 bits per heavy atom. The van der Waals surface area contributed by atoms with Crippen molar-refractivity contribution in [2.24, 2.45) is 0 Å². The van der Waals surface area contributed by atoms with E-state index in [4.69, 9.17) is 0 Å². The SMILES string of the molecule is Cc1ccc(-c2csc(NC(=O)CCN3C(=O)c4ccc(C)cc4C3=O)n2)cc1. The summed E-state index contributed by atoms with van der Waals surface area (Å²) < 4.78 is 0. The van der Waals surface area contributed by atoms with Gasteiger partial charge in [-0.15, -0.1) is 11.3 Å². The van der Waals surface area contributed by atoms with Gasteiger partial charge in [0.15, 0.2) is 5.13 Å². The summed E-state index contributed by atoms with van der Waals surface area (Å²) in [7, 11) is 0. The average Bonchev–Trinajstić information content (AvgIpc) is 3.24. The molecule has 1 aliphatic heterocycles. The molecule has 1 aromatic heterocycles. The van der Waals surface area contributed by atoms with Crippen LogP contribution in [0, 0.1) is 13.8 Å². The Bertz CT molecular complexity index is 1120. The van der Waals surface area contributed by atoms with Gasteiger partial charge in [0.05, 0.1) is 16.8 Å². The van der Waals surface area contributed by atoms with Crippen LogP contribution in [0.1, 0.15) is 38.3 Å². The third kappa shape index (κ3) is 3.82. The monoisotopic (exact) mass is 405 g/mol. The summed E-state index contributed by atoms with van der Waals surface area (Å²) in [6.45, 7) is 3.92. The lowest BCUT2D eigenvalue weighted by Crippen LogP contribution is -2.32. The maximum atomic E-state index is 12.5. The first-order valence-electron chi connectivity index (χ1n) is 9.21. The molecule has 0 bridgehead atoms. The van der Waals surface area contributed by atoms with Gasteiger partial charge in [0.1, 0.15) is 0 Å². The number of nitrogens with one attached hydrogen (secondary N) is 1. The van der Waals surface area contributed by atoms with Crippen molar-refractivity contribution in [2.45, 2.75) is 20.3 Å². The number of imide groups is 1. The number of hydrogen-bond donors (Lipinski definition) is 1. The number of carbonyl (C=O) groups excluding carboxylic acids is 3. The molecule has 0 unspecified atom stereocenters. The van der Waals surface area contributed by atoms with Crippen molar-refractivity contribution >= 4 is 34.2 Å². The lowest BCUT2D eigenvalue weighted by atomic mass is 10.1. The quantitative estimate of drug-likeness (QED) is 0.650. The molecular formula is C22H19N3O3S. The molecule has 0 spiro atoms. The molecule has 29 heavy (non-hydrogen) atoms. The second kappa shape index (κ2) is 7.60. The van der Waals surface area contributed by atoms with E-state index < -0.39 is 0 Å². The van der Waals surface area contributed by atoms with Crippen molar-refractivity contribution in [1.29, 1.82) is 0 Å². The molecule has 1 N–H and O–H groups in total. The minimum atomic E-state index is -0.353. The van der Waals surface area contributed by atoms with Crippen LogP contribution in [-0.2, 0) is 4.79 Å². The van der Waals surface area contributed by atoms with Crippen LogP contribution in [-0.4, -0.2) is 34.2 Å². The van der Waals surface area contributed by atoms with Crippen LogP contribution in [0.15, 0.2) is 47.8 Å².